The molecule has 0 unspecified atom stereocenters. The maximum atomic E-state index is 10.5. The van der Waals surface area contributed by atoms with E-state index in [4.69, 9.17) is 9.84 Å². The third kappa shape index (κ3) is 8.22. The molecule has 3 N–H and O–H groups in total. The van der Waals surface area contributed by atoms with Gasteiger partial charge in [0.1, 0.15) is 18.5 Å². The molecule has 29 heavy (non-hydrogen) atoms. The molecule has 1 aromatic carbocycles. The molecule has 0 aliphatic heterocycles. The second-order valence-corrected chi connectivity index (χ2v) is 6.92. The number of hydrogen-bond donors (Lipinski definition) is 3. The summed E-state index contributed by atoms with van der Waals surface area (Å²) in [7, 11) is 0. The number of ether oxygens (including phenoxy) is 1. The van der Waals surface area contributed by atoms with Crippen molar-refractivity contribution in [3.63, 3.8) is 0 Å². The van der Waals surface area contributed by atoms with Crippen LogP contribution in [-0.2, 0) is 0 Å². The van der Waals surface area contributed by atoms with Gasteiger partial charge in [-0.25, -0.2) is 0 Å². The first-order valence-corrected chi connectivity index (χ1v) is 10.2. The quantitative estimate of drug-likeness (QED) is 0.466. The number of pyridine rings is 1. The van der Waals surface area contributed by atoms with Gasteiger partial charge in [0.15, 0.2) is 0 Å². The second kappa shape index (κ2) is 12.9. The van der Waals surface area contributed by atoms with Crippen molar-refractivity contribution in [2.45, 2.75) is 51.2 Å². The lowest BCUT2D eigenvalue weighted by molar-refractivity contribution is 0.172. The van der Waals surface area contributed by atoms with E-state index < -0.39 is 12.2 Å². The van der Waals surface area contributed by atoms with Gasteiger partial charge in [-0.15, -0.1) is 5.73 Å². The van der Waals surface area contributed by atoms with Crippen molar-refractivity contribution >= 4 is 0 Å². The first kappa shape index (κ1) is 22.9. The summed E-state index contributed by atoms with van der Waals surface area (Å²) >= 11 is 0. The molecular formula is C24H31NO4. The summed E-state index contributed by atoms with van der Waals surface area (Å²) in [5, 5.41) is 29.7. The van der Waals surface area contributed by atoms with Gasteiger partial charge in [0.2, 0.25) is 0 Å². The van der Waals surface area contributed by atoms with Gasteiger partial charge < -0.3 is 20.1 Å². The van der Waals surface area contributed by atoms with Crippen LogP contribution >= 0.6 is 0 Å². The summed E-state index contributed by atoms with van der Waals surface area (Å²) in [4.78, 5) is 4.22. The predicted octanol–water partition coefficient (Wildman–Crippen LogP) is 4.27. The molecule has 0 bridgehead atoms. The molecule has 0 saturated heterocycles. The van der Waals surface area contributed by atoms with Crippen LogP contribution in [0.15, 0.2) is 66.0 Å². The number of hydrogen-bond acceptors (Lipinski definition) is 5. The summed E-state index contributed by atoms with van der Waals surface area (Å²) < 4.78 is 5.33. The van der Waals surface area contributed by atoms with Crippen LogP contribution in [0.3, 0.4) is 0 Å². The molecular weight excluding hydrogens is 366 g/mol. The fourth-order valence-electron chi connectivity index (χ4n) is 2.94. The second-order valence-electron chi connectivity index (χ2n) is 6.92. The summed E-state index contributed by atoms with van der Waals surface area (Å²) in [5.41, 5.74) is 5.77. The SMILES string of the molecule is CCCCC(=C=CC[C@@H](O)c1ccc(OCCO)cc1)C[C@@H](O)c1ccccn1. The van der Waals surface area contributed by atoms with Crippen LogP contribution in [0.2, 0.25) is 0 Å². The first-order chi connectivity index (χ1) is 14.1. The van der Waals surface area contributed by atoms with E-state index in [-0.39, 0.29) is 13.2 Å². The fourth-order valence-corrected chi connectivity index (χ4v) is 2.94. The van der Waals surface area contributed by atoms with E-state index in [1.165, 1.54) is 0 Å². The molecule has 0 radical (unpaired) electrons. The fraction of sp³-hybridized carbons (Fsp3) is 0.417. The zero-order valence-corrected chi connectivity index (χ0v) is 17.0. The average molecular weight is 398 g/mol. The molecule has 1 heterocycles. The monoisotopic (exact) mass is 397 g/mol. The smallest absolute Gasteiger partial charge is 0.119 e. The molecule has 156 valence electrons. The van der Waals surface area contributed by atoms with Crippen LogP contribution in [-0.4, -0.2) is 33.5 Å². The van der Waals surface area contributed by atoms with Crippen LogP contribution in [0.25, 0.3) is 0 Å². The highest BCUT2D eigenvalue weighted by molar-refractivity contribution is 5.28. The molecule has 0 aliphatic rings. The Kier molecular flexibility index (Phi) is 10.2. The van der Waals surface area contributed by atoms with E-state index in [1.807, 2.05) is 36.4 Å². The molecule has 0 saturated carbocycles. The lowest BCUT2D eigenvalue weighted by atomic mass is 10.0. The first-order valence-electron chi connectivity index (χ1n) is 10.2. The number of unbranched alkanes of at least 4 members (excludes halogenated alkanes) is 1. The normalized spacial score (nSPS) is 12.7. The highest BCUT2D eigenvalue weighted by Crippen LogP contribution is 2.23. The molecule has 2 aromatic rings. The van der Waals surface area contributed by atoms with Gasteiger partial charge in [0.25, 0.3) is 0 Å². The lowest BCUT2D eigenvalue weighted by Gasteiger charge is -2.12. The molecule has 0 fully saturated rings. The van der Waals surface area contributed by atoms with Crippen molar-refractivity contribution < 1.29 is 20.1 Å². The van der Waals surface area contributed by atoms with E-state index in [9.17, 15) is 10.2 Å². The minimum absolute atomic E-state index is 0.0309. The number of nitrogens with zero attached hydrogens (tertiary/aromatic N) is 1. The van der Waals surface area contributed by atoms with Gasteiger partial charge in [-0.05, 0) is 54.3 Å². The molecule has 5 heteroatoms. The maximum Gasteiger partial charge on any atom is 0.119 e. The standard InChI is InChI=1S/C24H31NO4/c1-2-3-7-19(18-24(28)22-9-4-5-15-25-22)8-6-10-23(27)20-11-13-21(14-12-20)29-17-16-26/h4-6,9,11-15,23-24,26-28H,2-3,7,10,16-18H2,1H3/t8?,23-,24-/m1/s1. The lowest BCUT2D eigenvalue weighted by Crippen LogP contribution is -2.02. The number of benzene rings is 1. The van der Waals surface area contributed by atoms with E-state index in [0.29, 0.717) is 24.3 Å². The van der Waals surface area contributed by atoms with Gasteiger partial charge >= 0.3 is 0 Å². The maximum absolute atomic E-state index is 10.5. The highest BCUT2D eigenvalue weighted by Gasteiger charge is 2.11. The largest absolute Gasteiger partial charge is 0.491 e. The highest BCUT2D eigenvalue weighted by atomic mass is 16.5. The van der Waals surface area contributed by atoms with Crippen LogP contribution in [0, 0.1) is 0 Å². The number of aromatic nitrogens is 1. The minimum atomic E-state index is -0.652. The average Bonchev–Trinajstić information content (AvgIpc) is 2.76. The Bertz CT molecular complexity index is 767. The third-order valence-electron chi connectivity index (χ3n) is 4.57. The van der Waals surface area contributed by atoms with Crippen molar-refractivity contribution in [1.29, 1.82) is 0 Å². The van der Waals surface area contributed by atoms with E-state index in [0.717, 1.165) is 30.4 Å². The summed E-state index contributed by atoms with van der Waals surface area (Å²) in [6.45, 7) is 2.35. The number of aliphatic hydroxyl groups excluding tert-OH is 3. The van der Waals surface area contributed by atoms with Crippen molar-refractivity contribution in [3.05, 3.63) is 77.3 Å². The third-order valence-corrected chi connectivity index (χ3v) is 4.57. The molecule has 0 aliphatic carbocycles. The van der Waals surface area contributed by atoms with Gasteiger partial charge in [0, 0.05) is 19.0 Å². The number of aliphatic hydroxyl groups is 3. The number of rotatable bonds is 12. The van der Waals surface area contributed by atoms with Crippen molar-refractivity contribution in [1.82, 2.24) is 4.98 Å². The van der Waals surface area contributed by atoms with Gasteiger partial charge in [-0.2, -0.15) is 0 Å². The summed E-state index contributed by atoms with van der Waals surface area (Å²) in [6.07, 6.45) is 6.12. The van der Waals surface area contributed by atoms with Crippen LogP contribution in [0.1, 0.15) is 62.5 Å². The predicted molar refractivity (Wildman–Crippen MR) is 114 cm³/mol. The Hall–Kier alpha value is -2.43. The molecule has 0 amide bonds. The summed E-state index contributed by atoms with van der Waals surface area (Å²) in [6, 6.07) is 12.7. The van der Waals surface area contributed by atoms with Crippen molar-refractivity contribution in [2.24, 2.45) is 0 Å². The Morgan fingerprint density at radius 2 is 1.93 bits per heavy atom. The van der Waals surface area contributed by atoms with Crippen LogP contribution in [0.4, 0.5) is 0 Å². The zero-order valence-electron chi connectivity index (χ0n) is 17.0. The minimum Gasteiger partial charge on any atom is -0.491 e. The Balaban J connectivity index is 1.99. The van der Waals surface area contributed by atoms with Crippen molar-refractivity contribution in [2.75, 3.05) is 13.2 Å². The molecule has 2 atom stereocenters. The van der Waals surface area contributed by atoms with Crippen LogP contribution < -0.4 is 4.74 Å². The molecule has 5 nitrogen and oxygen atoms in total. The van der Waals surface area contributed by atoms with Crippen LogP contribution in [0.5, 0.6) is 5.75 Å². The Morgan fingerprint density at radius 3 is 2.59 bits per heavy atom. The van der Waals surface area contributed by atoms with Gasteiger partial charge in [0.05, 0.1) is 18.4 Å². The summed E-state index contributed by atoms with van der Waals surface area (Å²) in [5.74, 6) is 0.663. The van der Waals surface area contributed by atoms with E-state index in [2.05, 4.69) is 17.6 Å². The van der Waals surface area contributed by atoms with Gasteiger partial charge in [-0.3, -0.25) is 4.98 Å². The molecule has 2 rings (SSSR count). The zero-order chi connectivity index (χ0) is 20.9. The van der Waals surface area contributed by atoms with E-state index in [1.54, 1.807) is 18.3 Å². The topological polar surface area (TPSA) is 82.8 Å². The van der Waals surface area contributed by atoms with E-state index >= 15 is 0 Å². The van der Waals surface area contributed by atoms with Crippen molar-refractivity contribution in [3.8, 4) is 5.75 Å². The molecule has 1 aromatic heterocycles. The van der Waals surface area contributed by atoms with Gasteiger partial charge in [-0.1, -0.05) is 31.5 Å². The Labute approximate surface area is 173 Å². The Morgan fingerprint density at radius 1 is 1.14 bits per heavy atom. The molecule has 0 spiro atoms.